The Morgan fingerprint density at radius 2 is 2.33 bits per heavy atom. The first-order chi connectivity index (χ1) is 5.83. The van der Waals surface area contributed by atoms with E-state index < -0.39 is 0 Å². The van der Waals surface area contributed by atoms with Crippen LogP contribution in [0.25, 0.3) is 0 Å². The van der Waals surface area contributed by atoms with Crippen molar-refractivity contribution in [2.24, 2.45) is 0 Å². The number of nitrogens with zero attached hydrogens (tertiary/aromatic N) is 3. The fraction of sp³-hybridized carbons (Fsp3) is 0.500. The summed E-state index contributed by atoms with van der Waals surface area (Å²) in [6.45, 7) is 0.991. The number of imidazole rings is 1. The van der Waals surface area contributed by atoms with E-state index in [1.54, 1.807) is 0 Å². The third-order valence-corrected chi connectivity index (χ3v) is 2.78. The number of hydrogen-bond donors (Lipinski definition) is 0. The van der Waals surface area contributed by atoms with Gasteiger partial charge in [0.25, 0.3) is 0 Å². The maximum absolute atomic E-state index is 8.76. The van der Waals surface area contributed by atoms with Crippen LogP contribution >= 0.6 is 15.9 Å². The summed E-state index contributed by atoms with van der Waals surface area (Å²) in [5.74, 6) is 0. The highest BCUT2D eigenvalue weighted by atomic mass is 79.9. The van der Waals surface area contributed by atoms with Crippen LogP contribution in [-0.4, -0.2) is 9.55 Å². The molecule has 0 saturated carbocycles. The largest absolute Gasteiger partial charge is 0.321 e. The van der Waals surface area contributed by atoms with E-state index >= 15 is 0 Å². The Balaban J connectivity index is 2.56. The number of nitriles is 1. The van der Waals surface area contributed by atoms with Crippen molar-refractivity contribution in [1.82, 2.24) is 9.55 Å². The molecule has 1 aromatic heterocycles. The summed E-state index contributed by atoms with van der Waals surface area (Å²) in [5, 5.41) is 8.76. The van der Waals surface area contributed by atoms with Gasteiger partial charge in [0.1, 0.15) is 6.07 Å². The van der Waals surface area contributed by atoms with Crippen molar-refractivity contribution in [2.45, 2.75) is 25.8 Å². The van der Waals surface area contributed by atoms with E-state index in [4.69, 9.17) is 5.26 Å². The minimum Gasteiger partial charge on any atom is -0.321 e. The van der Waals surface area contributed by atoms with E-state index in [0.717, 1.165) is 23.4 Å². The van der Waals surface area contributed by atoms with E-state index in [9.17, 15) is 0 Å². The van der Waals surface area contributed by atoms with E-state index in [-0.39, 0.29) is 0 Å². The molecule has 4 heteroatoms. The molecule has 62 valence electrons. The van der Waals surface area contributed by atoms with E-state index in [0.29, 0.717) is 5.69 Å². The Morgan fingerprint density at radius 3 is 3.08 bits per heavy atom. The average molecular weight is 226 g/mol. The van der Waals surface area contributed by atoms with Crippen LogP contribution in [0, 0.1) is 11.3 Å². The highest BCUT2D eigenvalue weighted by molar-refractivity contribution is 9.10. The van der Waals surface area contributed by atoms with Gasteiger partial charge in [0.2, 0.25) is 0 Å². The SMILES string of the molecule is N#Cc1nc(Br)n2c1CCCC2. The van der Waals surface area contributed by atoms with Crippen LogP contribution < -0.4 is 0 Å². The van der Waals surface area contributed by atoms with Crippen LogP contribution in [0.1, 0.15) is 24.2 Å². The van der Waals surface area contributed by atoms with Gasteiger partial charge in [0.15, 0.2) is 10.4 Å². The van der Waals surface area contributed by atoms with Gasteiger partial charge in [-0.15, -0.1) is 0 Å². The van der Waals surface area contributed by atoms with Gasteiger partial charge in [0, 0.05) is 6.54 Å². The van der Waals surface area contributed by atoms with Crippen molar-refractivity contribution in [1.29, 1.82) is 5.26 Å². The molecule has 2 heterocycles. The third kappa shape index (κ3) is 1.05. The van der Waals surface area contributed by atoms with E-state index in [2.05, 4.69) is 31.6 Å². The van der Waals surface area contributed by atoms with Gasteiger partial charge >= 0.3 is 0 Å². The quantitative estimate of drug-likeness (QED) is 0.677. The van der Waals surface area contributed by atoms with Crippen LogP contribution in [0.15, 0.2) is 4.73 Å². The van der Waals surface area contributed by atoms with Crippen LogP contribution in [0.3, 0.4) is 0 Å². The molecule has 0 aromatic carbocycles. The predicted octanol–water partition coefficient (Wildman–Crippen LogP) is 1.85. The molecule has 1 aliphatic heterocycles. The van der Waals surface area contributed by atoms with Gasteiger partial charge < -0.3 is 4.57 Å². The molecule has 0 N–H and O–H groups in total. The smallest absolute Gasteiger partial charge is 0.178 e. The first-order valence-electron chi connectivity index (χ1n) is 3.98. The van der Waals surface area contributed by atoms with Crippen molar-refractivity contribution in [2.75, 3.05) is 0 Å². The number of aromatic nitrogens is 2. The van der Waals surface area contributed by atoms with Crippen LogP contribution in [0.2, 0.25) is 0 Å². The monoisotopic (exact) mass is 225 g/mol. The Hall–Kier alpha value is -0.820. The summed E-state index contributed by atoms with van der Waals surface area (Å²) in [7, 11) is 0. The molecule has 0 amide bonds. The standard InChI is InChI=1S/C8H8BrN3/c9-8-11-6(5-10)7-3-1-2-4-12(7)8/h1-4H2. The zero-order valence-corrected chi connectivity index (χ0v) is 8.13. The Kier molecular flexibility index (Phi) is 1.89. The van der Waals surface area contributed by atoms with Crippen molar-refractivity contribution in [3.8, 4) is 6.07 Å². The lowest BCUT2D eigenvalue weighted by atomic mass is 10.1. The number of fused-ring (bicyclic) bond motifs is 1. The molecule has 0 bridgehead atoms. The molecule has 12 heavy (non-hydrogen) atoms. The summed E-state index contributed by atoms with van der Waals surface area (Å²) in [5.41, 5.74) is 1.68. The number of halogens is 1. The summed E-state index contributed by atoms with van der Waals surface area (Å²) < 4.78 is 2.89. The Bertz CT molecular complexity index is 348. The van der Waals surface area contributed by atoms with Gasteiger partial charge in [-0.1, -0.05) is 0 Å². The second-order valence-corrected chi connectivity index (χ2v) is 3.61. The molecule has 0 spiro atoms. The van der Waals surface area contributed by atoms with Crippen molar-refractivity contribution in [3.05, 3.63) is 16.1 Å². The first kappa shape index (κ1) is 7.81. The van der Waals surface area contributed by atoms with Crippen LogP contribution in [-0.2, 0) is 13.0 Å². The summed E-state index contributed by atoms with van der Waals surface area (Å²) in [6.07, 6.45) is 3.35. The van der Waals surface area contributed by atoms with Crippen LogP contribution in [0.4, 0.5) is 0 Å². The molecule has 0 unspecified atom stereocenters. The van der Waals surface area contributed by atoms with Gasteiger partial charge in [0.05, 0.1) is 5.69 Å². The molecule has 0 fully saturated rings. The zero-order valence-electron chi connectivity index (χ0n) is 6.55. The summed E-state index contributed by atoms with van der Waals surface area (Å²) in [6, 6.07) is 2.11. The molecule has 1 aromatic rings. The van der Waals surface area contributed by atoms with Gasteiger partial charge in [-0.05, 0) is 35.2 Å². The number of rotatable bonds is 0. The van der Waals surface area contributed by atoms with Crippen LogP contribution in [0.5, 0.6) is 0 Å². The molecule has 0 radical (unpaired) electrons. The maximum Gasteiger partial charge on any atom is 0.178 e. The predicted molar refractivity (Wildman–Crippen MR) is 47.6 cm³/mol. The maximum atomic E-state index is 8.76. The molecule has 0 aliphatic carbocycles. The highest BCUT2D eigenvalue weighted by Crippen LogP contribution is 2.23. The van der Waals surface area contributed by atoms with Crippen molar-refractivity contribution in [3.63, 3.8) is 0 Å². The summed E-state index contributed by atoms with van der Waals surface area (Å²) in [4.78, 5) is 4.13. The topological polar surface area (TPSA) is 41.6 Å². The Labute approximate surface area is 79.1 Å². The van der Waals surface area contributed by atoms with Crippen molar-refractivity contribution >= 4 is 15.9 Å². The fourth-order valence-electron chi connectivity index (χ4n) is 1.59. The van der Waals surface area contributed by atoms with Crippen molar-refractivity contribution < 1.29 is 0 Å². The van der Waals surface area contributed by atoms with Gasteiger partial charge in [-0.2, -0.15) is 5.26 Å². The molecule has 3 nitrogen and oxygen atoms in total. The second-order valence-electron chi connectivity index (χ2n) is 2.90. The minimum atomic E-state index is 0.585. The molecule has 2 rings (SSSR count). The lowest BCUT2D eigenvalue weighted by molar-refractivity contribution is 0.524. The van der Waals surface area contributed by atoms with E-state index in [1.807, 2.05) is 0 Å². The average Bonchev–Trinajstić information content (AvgIpc) is 2.44. The molecular formula is C8H8BrN3. The molecule has 1 aliphatic rings. The first-order valence-corrected chi connectivity index (χ1v) is 4.77. The molecule has 0 atom stereocenters. The van der Waals surface area contributed by atoms with E-state index in [1.165, 1.54) is 12.8 Å². The third-order valence-electron chi connectivity index (χ3n) is 2.18. The lowest BCUT2D eigenvalue weighted by Gasteiger charge is -2.14. The lowest BCUT2D eigenvalue weighted by Crippen LogP contribution is -2.10. The molecule has 0 saturated heterocycles. The zero-order chi connectivity index (χ0) is 8.55. The number of hydrogen-bond acceptors (Lipinski definition) is 2. The summed E-state index contributed by atoms with van der Waals surface area (Å²) >= 11 is 3.34. The van der Waals surface area contributed by atoms with Gasteiger partial charge in [-0.3, -0.25) is 0 Å². The second kappa shape index (κ2) is 2.91. The normalized spacial score (nSPS) is 15.3. The Morgan fingerprint density at radius 1 is 1.50 bits per heavy atom. The molecular weight excluding hydrogens is 218 g/mol. The van der Waals surface area contributed by atoms with Gasteiger partial charge in [-0.25, -0.2) is 4.98 Å². The highest BCUT2D eigenvalue weighted by Gasteiger charge is 2.17. The fourth-order valence-corrected chi connectivity index (χ4v) is 2.16. The minimum absolute atomic E-state index is 0.585.